The molecule has 2 aliphatic rings. The number of hydrogen-bond acceptors (Lipinski definition) is 5. The first-order valence-electron chi connectivity index (χ1n) is 5.81. The molecule has 1 aromatic heterocycles. The first kappa shape index (κ1) is 9.84. The molecule has 0 amide bonds. The summed E-state index contributed by atoms with van der Waals surface area (Å²) < 4.78 is 5.77. The number of anilines is 2. The number of nitrogen functional groups attached to an aromatic ring is 1. The minimum Gasteiger partial charge on any atom is -0.374 e. The van der Waals surface area contributed by atoms with E-state index in [9.17, 15) is 0 Å². The third kappa shape index (κ3) is 1.61. The van der Waals surface area contributed by atoms with E-state index in [1.807, 2.05) is 6.07 Å². The van der Waals surface area contributed by atoms with E-state index >= 15 is 0 Å². The van der Waals surface area contributed by atoms with Crippen molar-refractivity contribution in [3.8, 4) is 0 Å². The van der Waals surface area contributed by atoms with Crippen LogP contribution in [0.2, 0.25) is 0 Å². The summed E-state index contributed by atoms with van der Waals surface area (Å²) in [5, 5.41) is 0. The van der Waals surface area contributed by atoms with E-state index in [1.165, 1.54) is 19.3 Å². The Morgan fingerprint density at radius 2 is 2.38 bits per heavy atom. The van der Waals surface area contributed by atoms with Gasteiger partial charge in [-0.15, -0.1) is 0 Å². The zero-order valence-electron chi connectivity index (χ0n) is 9.17. The lowest BCUT2D eigenvalue weighted by molar-refractivity contribution is 0.0253. The molecule has 3 rings (SSSR count). The second kappa shape index (κ2) is 3.90. The lowest BCUT2D eigenvalue weighted by atomic mass is 10.1. The number of nitrogens with two attached hydrogens (primary N) is 1. The van der Waals surface area contributed by atoms with E-state index in [-0.39, 0.29) is 0 Å². The van der Waals surface area contributed by atoms with Crippen molar-refractivity contribution < 1.29 is 4.74 Å². The molecule has 0 aromatic carbocycles. The summed E-state index contributed by atoms with van der Waals surface area (Å²) in [5.74, 6) is 1.28. The quantitative estimate of drug-likeness (QED) is 0.759. The fourth-order valence-corrected chi connectivity index (χ4v) is 2.73. The van der Waals surface area contributed by atoms with Crippen LogP contribution in [0.1, 0.15) is 19.3 Å². The summed E-state index contributed by atoms with van der Waals surface area (Å²) in [6, 6.07) is 2.40. The maximum atomic E-state index is 5.77. The van der Waals surface area contributed by atoms with Crippen LogP contribution in [0.5, 0.6) is 0 Å². The number of hydrogen-bond donors (Lipinski definition) is 1. The normalized spacial score (nSPS) is 29.1. The van der Waals surface area contributed by atoms with Gasteiger partial charge in [0.25, 0.3) is 0 Å². The summed E-state index contributed by atoms with van der Waals surface area (Å²) in [6.45, 7) is 1.68. The number of aromatic nitrogens is 2. The predicted octanol–water partition coefficient (Wildman–Crippen LogP) is 0.816. The molecule has 1 saturated heterocycles. The van der Waals surface area contributed by atoms with E-state index in [2.05, 4.69) is 14.9 Å². The van der Waals surface area contributed by atoms with Gasteiger partial charge in [-0.3, -0.25) is 0 Å². The largest absolute Gasteiger partial charge is 0.374 e. The van der Waals surface area contributed by atoms with Gasteiger partial charge < -0.3 is 15.4 Å². The Labute approximate surface area is 94.6 Å². The fourth-order valence-electron chi connectivity index (χ4n) is 2.73. The van der Waals surface area contributed by atoms with Crippen molar-refractivity contribution in [3.63, 3.8) is 0 Å². The summed E-state index contributed by atoms with van der Waals surface area (Å²) in [4.78, 5) is 10.5. The maximum absolute atomic E-state index is 5.77. The van der Waals surface area contributed by atoms with E-state index in [4.69, 9.17) is 10.5 Å². The summed E-state index contributed by atoms with van der Waals surface area (Å²) in [6.07, 6.45) is 5.70. The van der Waals surface area contributed by atoms with E-state index in [0.717, 1.165) is 19.0 Å². The SMILES string of the molecule is Nc1nccc(N2CCOC3CCCC32)n1. The minimum atomic E-state index is 0.346. The summed E-state index contributed by atoms with van der Waals surface area (Å²) in [7, 11) is 0. The number of morpholine rings is 1. The highest BCUT2D eigenvalue weighted by Gasteiger charge is 2.36. The lowest BCUT2D eigenvalue weighted by Gasteiger charge is -2.38. The Morgan fingerprint density at radius 1 is 1.44 bits per heavy atom. The van der Waals surface area contributed by atoms with Crippen LogP contribution in [0.15, 0.2) is 12.3 Å². The van der Waals surface area contributed by atoms with Gasteiger partial charge in [0.15, 0.2) is 0 Å². The highest BCUT2D eigenvalue weighted by Crippen LogP contribution is 2.32. The molecule has 86 valence electrons. The van der Waals surface area contributed by atoms with Gasteiger partial charge in [0, 0.05) is 12.7 Å². The third-order valence-corrected chi connectivity index (χ3v) is 3.44. The first-order chi connectivity index (χ1) is 7.84. The van der Waals surface area contributed by atoms with Crippen molar-refractivity contribution in [1.29, 1.82) is 0 Å². The van der Waals surface area contributed by atoms with Gasteiger partial charge in [-0.1, -0.05) is 0 Å². The molecule has 2 unspecified atom stereocenters. The zero-order chi connectivity index (χ0) is 11.0. The third-order valence-electron chi connectivity index (χ3n) is 3.44. The molecule has 2 N–H and O–H groups in total. The maximum Gasteiger partial charge on any atom is 0.221 e. The van der Waals surface area contributed by atoms with Crippen molar-refractivity contribution in [2.45, 2.75) is 31.4 Å². The van der Waals surface area contributed by atoms with Crippen molar-refractivity contribution >= 4 is 11.8 Å². The van der Waals surface area contributed by atoms with Crippen LogP contribution in [-0.4, -0.2) is 35.3 Å². The van der Waals surface area contributed by atoms with Crippen molar-refractivity contribution in [1.82, 2.24) is 9.97 Å². The van der Waals surface area contributed by atoms with Gasteiger partial charge in [0.1, 0.15) is 5.82 Å². The molecular formula is C11H16N4O. The molecule has 1 saturated carbocycles. The second-order valence-corrected chi connectivity index (χ2v) is 4.37. The summed E-state index contributed by atoms with van der Waals surface area (Å²) in [5.41, 5.74) is 5.62. The molecule has 2 atom stereocenters. The molecule has 0 radical (unpaired) electrons. The Hall–Kier alpha value is -1.36. The van der Waals surface area contributed by atoms with Crippen molar-refractivity contribution in [3.05, 3.63) is 12.3 Å². The highest BCUT2D eigenvalue weighted by molar-refractivity contribution is 5.43. The Kier molecular flexibility index (Phi) is 2.40. The smallest absolute Gasteiger partial charge is 0.221 e. The van der Waals surface area contributed by atoms with Gasteiger partial charge in [0.2, 0.25) is 5.95 Å². The van der Waals surface area contributed by atoms with Gasteiger partial charge in [0.05, 0.1) is 18.8 Å². The van der Waals surface area contributed by atoms with Crippen LogP contribution in [0.3, 0.4) is 0 Å². The van der Waals surface area contributed by atoms with Crippen LogP contribution >= 0.6 is 0 Å². The molecular weight excluding hydrogens is 204 g/mol. The predicted molar refractivity (Wildman–Crippen MR) is 61.2 cm³/mol. The van der Waals surface area contributed by atoms with Crippen molar-refractivity contribution in [2.24, 2.45) is 0 Å². The second-order valence-electron chi connectivity index (χ2n) is 4.37. The molecule has 1 aliphatic carbocycles. The monoisotopic (exact) mass is 220 g/mol. The topological polar surface area (TPSA) is 64.3 Å². The van der Waals surface area contributed by atoms with Crippen LogP contribution < -0.4 is 10.6 Å². The van der Waals surface area contributed by atoms with Crippen molar-refractivity contribution in [2.75, 3.05) is 23.8 Å². The standard InChI is InChI=1S/C11H16N4O/c12-11-13-5-4-10(14-11)15-6-7-16-9-3-1-2-8(9)15/h4-5,8-9H,1-3,6-7H2,(H2,12,13,14). The van der Waals surface area contributed by atoms with Gasteiger partial charge >= 0.3 is 0 Å². The van der Waals surface area contributed by atoms with Crippen LogP contribution in [0.4, 0.5) is 11.8 Å². The van der Waals surface area contributed by atoms with E-state index < -0.39 is 0 Å². The van der Waals surface area contributed by atoms with Gasteiger partial charge in [-0.05, 0) is 25.3 Å². The van der Waals surface area contributed by atoms with Crippen LogP contribution in [0.25, 0.3) is 0 Å². The molecule has 1 aliphatic heterocycles. The molecule has 2 heterocycles. The van der Waals surface area contributed by atoms with Crippen LogP contribution in [0, 0.1) is 0 Å². The Morgan fingerprint density at radius 3 is 3.25 bits per heavy atom. The molecule has 0 bridgehead atoms. The Balaban J connectivity index is 1.88. The number of nitrogens with zero attached hydrogens (tertiary/aromatic N) is 3. The van der Waals surface area contributed by atoms with E-state index in [0.29, 0.717) is 18.1 Å². The number of rotatable bonds is 1. The molecule has 5 heteroatoms. The minimum absolute atomic E-state index is 0.346. The Bertz CT molecular complexity index is 384. The summed E-state index contributed by atoms with van der Waals surface area (Å²) >= 11 is 0. The number of fused-ring (bicyclic) bond motifs is 1. The van der Waals surface area contributed by atoms with Gasteiger partial charge in [-0.25, -0.2) is 4.98 Å². The fraction of sp³-hybridized carbons (Fsp3) is 0.636. The molecule has 2 fully saturated rings. The highest BCUT2D eigenvalue weighted by atomic mass is 16.5. The lowest BCUT2D eigenvalue weighted by Crippen LogP contribution is -2.49. The van der Waals surface area contributed by atoms with E-state index in [1.54, 1.807) is 6.20 Å². The molecule has 5 nitrogen and oxygen atoms in total. The molecule has 0 spiro atoms. The molecule has 1 aromatic rings. The van der Waals surface area contributed by atoms with Crippen LogP contribution in [-0.2, 0) is 4.74 Å². The average Bonchev–Trinajstić information content (AvgIpc) is 2.76. The molecule has 16 heavy (non-hydrogen) atoms. The first-order valence-corrected chi connectivity index (χ1v) is 5.81. The average molecular weight is 220 g/mol. The number of ether oxygens (including phenoxy) is 1. The van der Waals surface area contributed by atoms with Gasteiger partial charge in [-0.2, -0.15) is 4.98 Å². The zero-order valence-corrected chi connectivity index (χ0v) is 9.17.